The van der Waals surface area contributed by atoms with Crippen molar-refractivity contribution in [2.24, 2.45) is 0 Å². The highest BCUT2D eigenvalue weighted by atomic mass is 16.3. The lowest BCUT2D eigenvalue weighted by atomic mass is 9.98. The van der Waals surface area contributed by atoms with E-state index in [9.17, 15) is 9.90 Å². The van der Waals surface area contributed by atoms with Crippen molar-refractivity contribution in [2.45, 2.75) is 31.9 Å². The Bertz CT molecular complexity index is 632. The second kappa shape index (κ2) is 4.06. The number of H-pyrrole nitrogens is 1. The van der Waals surface area contributed by atoms with Gasteiger partial charge in [0.2, 0.25) is 0 Å². The van der Waals surface area contributed by atoms with E-state index in [2.05, 4.69) is 9.97 Å². The molecular formula is C14H17N3O2. The summed E-state index contributed by atoms with van der Waals surface area (Å²) in [5, 5.41) is 9.95. The molecule has 0 radical (unpaired) electrons. The minimum atomic E-state index is -0.514. The van der Waals surface area contributed by atoms with Gasteiger partial charge in [-0.15, -0.1) is 0 Å². The van der Waals surface area contributed by atoms with Crippen LogP contribution in [0.15, 0.2) is 24.5 Å². The first kappa shape index (κ1) is 12.2. The van der Waals surface area contributed by atoms with Crippen LogP contribution >= 0.6 is 0 Å². The van der Waals surface area contributed by atoms with Crippen LogP contribution in [-0.2, 0) is 0 Å². The second-order valence-corrected chi connectivity index (χ2v) is 5.55. The number of rotatable bonds is 1. The molecule has 0 aliphatic carbocycles. The maximum atomic E-state index is 12.6. The normalized spacial score (nSPS) is 22.1. The first-order chi connectivity index (χ1) is 9.00. The van der Waals surface area contributed by atoms with E-state index in [4.69, 9.17) is 0 Å². The minimum absolute atomic E-state index is 0.0435. The molecule has 5 nitrogen and oxygen atoms in total. The van der Waals surface area contributed by atoms with Crippen molar-refractivity contribution >= 4 is 16.9 Å². The first-order valence-electron chi connectivity index (χ1n) is 6.43. The minimum Gasteiger partial charge on any atom is -0.391 e. The zero-order valence-electron chi connectivity index (χ0n) is 11.1. The molecule has 2 heterocycles. The molecule has 2 N–H and O–H groups in total. The standard InChI is InChI=1S/C14H17N3O2/c1-14(2)12(18)5-6-17(14)13(19)9-3-4-10-11(7-9)16-8-15-10/h3-4,7-8,12,18H,5-6H2,1-2H3,(H,15,16). The number of nitrogens with zero attached hydrogens (tertiary/aromatic N) is 2. The molecule has 1 aromatic carbocycles. The van der Waals surface area contributed by atoms with Gasteiger partial charge in [0.05, 0.1) is 29.0 Å². The summed E-state index contributed by atoms with van der Waals surface area (Å²) in [7, 11) is 0. The number of likely N-dealkylation sites (tertiary alicyclic amines) is 1. The molecular weight excluding hydrogens is 242 g/mol. The largest absolute Gasteiger partial charge is 0.391 e. The SMILES string of the molecule is CC1(C)C(O)CCN1C(=O)c1ccc2nc[nH]c2c1. The van der Waals surface area contributed by atoms with Gasteiger partial charge in [-0.1, -0.05) is 0 Å². The summed E-state index contributed by atoms with van der Waals surface area (Å²) in [6, 6.07) is 5.43. The topological polar surface area (TPSA) is 69.2 Å². The Morgan fingerprint density at radius 2 is 2.32 bits per heavy atom. The van der Waals surface area contributed by atoms with Gasteiger partial charge in [-0.05, 0) is 38.5 Å². The molecule has 0 bridgehead atoms. The van der Waals surface area contributed by atoms with Gasteiger partial charge in [0.1, 0.15) is 0 Å². The molecule has 3 rings (SSSR count). The zero-order valence-corrected chi connectivity index (χ0v) is 11.1. The number of benzene rings is 1. The van der Waals surface area contributed by atoms with E-state index in [-0.39, 0.29) is 5.91 Å². The monoisotopic (exact) mass is 259 g/mol. The highest BCUT2D eigenvalue weighted by Gasteiger charge is 2.43. The maximum Gasteiger partial charge on any atom is 0.254 e. The van der Waals surface area contributed by atoms with E-state index in [1.165, 1.54) is 0 Å². The lowest BCUT2D eigenvalue weighted by Gasteiger charge is -2.33. The van der Waals surface area contributed by atoms with E-state index < -0.39 is 11.6 Å². The van der Waals surface area contributed by atoms with Gasteiger partial charge in [-0.3, -0.25) is 4.79 Å². The zero-order chi connectivity index (χ0) is 13.6. The Labute approximate surface area is 111 Å². The highest BCUT2D eigenvalue weighted by Crippen LogP contribution is 2.30. The van der Waals surface area contributed by atoms with E-state index in [1.54, 1.807) is 17.3 Å². The molecule has 1 aromatic heterocycles. The van der Waals surface area contributed by atoms with E-state index >= 15 is 0 Å². The molecule has 2 aromatic rings. The molecule has 1 aliphatic rings. The van der Waals surface area contributed by atoms with Crippen LogP contribution in [0.5, 0.6) is 0 Å². The van der Waals surface area contributed by atoms with Crippen molar-refractivity contribution in [3.63, 3.8) is 0 Å². The van der Waals surface area contributed by atoms with Crippen LogP contribution in [0.2, 0.25) is 0 Å². The number of amides is 1. The first-order valence-corrected chi connectivity index (χ1v) is 6.43. The Kier molecular flexibility index (Phi) is 2.60. The second-order valence-electron chi connectivity index (χ2n) is 5.55. The number of fused-ring (bicyclic) bond motifs is 1. The molecule has 0 spiro atoms. The number of nitrogens with one attached hydrogen (secondary N) is 1. The van der Waals surface area contributed by atoms with E-state index in [0.717, 1.165) is 11.0 Å². The fraction of sp³-hybridized carbons (Fsp3) is 0.429. The summed E-state index contributed by atoms with van der Waals surface area (Å²) in [6.45, 7) is 4.39. The number of aromatic amines is 1. The maximum absolute atomic E-state index is 12.6. The fourth-order valence-corrected chi connectivity index (χ4v) is 2.66. The van der Waals surface area contributed by atoms with E-state index in [1.807, 2.05) is 26.0 Å². The quantitative estimate of drug-likeness (QED) is 0.816. The number of aliphatic hydroxyl groups is 1. The van der Waals surface area contributed by atoms with Gasteiger partial charge in [0.15, 0.2) is 0 Å². The number of aliphatic hydroxyl groups excluding tert-OH is 1. The van der Waals surface area contributed by atoms with Crippen LogP contribution in [0.3, 0.4) is 0 Å². The molecule has 1 unspecified atom stereocenters. The van der Waals surface area contributed by atoms with Crippen LogP contribution in [0.1, 0.15) is 30.6 Å². The lowest BCUT2D eigenvalue weighted by molar-refractivity contribution is 0.0394. The summed E-state index contributed by atoms with van der Waals surface area (Å²) in [5.41, 5.74) is 1.81. The third-order valence-electron chi connectivity index (χ3n) is 4.05. The van der Waals surface area contributed by atoms with Gasteiger partial charge < -0.3 is 15.0 Å². The number of aromatic nitrogens is 2. The van der Waals surface area contributed by atoms with Gasteiger partial charge >= 0.3 is 0 Å². The van der Waals surface area contributed by atoms with E-state index in [0.29, 0.717) is 18.5 Å². The Balaban J connectivity index is 1.95. The molecule has 1 fully saturated rings. The molecule has 100 valence electrons. The van der Waals surface area contributed by atoms with Crippen molar-refractivity contribution in [3.8, 4) is 0 Å². The highest BCUT2D eigenvalue weighted by molar-refractivity contribution is 5.97. The van der Waals surface area contributed by atoms with Crippen LogP contribution in [0, 0.1) is 0 Å². The molecule has 0 saturated carbocycles. The van der Waals surface area contributed by atoms with Crippen LogP contribution in [-0.4, -0.2) is 44.1 Å². The number of hydrogen-bond donors (Lipinski definition) is 2. The fourth-order valence-electron chi connectivity index (χ4n) is 2.66. The van der Waals surface area contributed by atoms with Gasteiger partial charge in [-0.2, -0.15) is 0 Å². The Morgan fingerprint density at radius 1 is 1.53 bits per heavy atom. The summed E-state index contributed by atoms with van der Waals surface area (Å²) < 4.78 is 0. The average molecular weight is 259 g/mol. The number of carbonyl (C=O) groups excluding carboxylic acids is 1. The smallest absolute Gasteiger partial charge is 0.254 e. The third-order valence-corrected chi connectivity index (χ3v) is 4.05. The van der Waals surface area contributed by atoms with Crippen LogP contribution in [0.4, 0.5) is 0 Å². The molecule has 5 heteroatoms. The summed E-state index contributed by atoms with van der Waals surface area (Å²) in [5.74, 6) is -0.0435. The van der Waals surface area contributed by atoms with Crippen LogP contribution < -0.4 is 0 Å². The Hall–Kier alpha value is -1.88. The summed E-state index contributed by atoms with van der Waals surface area (Å²) in [4.78, 5) is 21.4. The molecule has 1 atom stereocenters. The van der Waals surface area contributed by atoms with Crippen LogP contribution in [0.25, 0.3) is 11.0 Å². The van der Waals surface area contributed by atoms with Crippen molar-refractivity contribution in [1.29, 1.82) is 0 Å². The molecule has 1 aliphatic heterocycles. The van der Waals surface area contributed by atoms with Crippen molar-refractivity contribution in [3.05, 3.63) is 30.1 Å². The molecule has 1 amide bonds. The Morgan fingerprint density at radius 3 is 3.00 bits per heavy atom. The van der Waals surface area contributed by atoms with Crippen molar-refractivity contribution in [1.82, 2.24) is 14.9 Å². The third kappa shape index (κ3) is 1.81. The molecule has 19 heavy (non-hydrogen) atoms. The summed E-state index contributed by atoms with van der Waals surface area (Å²) >= 11 is 0. The van der Waals surface area contributed by atoms with Gasteiger partial charge in [0, 0.05) is 12.1 Å². The average Bonchev–Trinajstić information content (AvgIpc) is 2.94. The number of carbonyl (C=O) groups is 1. The van der Waals surface area contributed by atoms with Gasteiger partial charge in [-0.25, -0.2) is 4.98 Å². The predicted octanol–water partition coefficient (Wildman–Crippen LogP) is 1.55. The summed E-state index contributed by atoms with van der Waals surface area (Å²) in [6.07, 6.45) is 1.78. The molecule has 1 saturated heterocycles. The number of imidazole rings is 1. The predicted molar refractivity (Wildman–Crippen MR) is 71.8 cm³/mol. The van der Waals surface area contributed by atoms with Crippen molar-refractivity contribution < 1.29 is 9.90 Å². The lowest BCUT2D eigenvalue weighted by Crippen LogP contribution is -2.48. The van der Waals surface area contributed by atoms with Crippen molar-refractivity contribution in [2.75, 3.05) is 6.54 Å². The van der Waals surface area contributed by atoms with Gasteiger partial charge in [0.25, 0.3) is 5.91 Å². The number of hydrogen-bond acceptors (Lipinski definition) is 3.